The van der Waals surface area contributed by atoms with E-state index in [0.29, 0.717) is 0 Å². The van der Waals surface area contributed by atoms with Crippen LogP contribution in [-0.4, -0.2) is 27.5 Å². The lowest BCUT2D eigenvalue weighted by atomic mass is 10.2. The van der Waals surface area contributed by atoms with Crippen molar-refractivity contribution < 1.29 is 27.5 Å². The summed E-state index contributed by atoms with van der Waals surface area (Å²) in [6, 6.07) is 4.77. The third-order valence-electron chi connectivity index (χ3n) is 3.35. The van der Waals surface area contributed by atoms with E-state index in [2.05, 4.69) is 5.32 Å². The van der Waals surface area contributed by atoms with Crippen molar-refractivity contribution in [3.8, 4) is 0 Å². The number of anilines is 1. The molecule has 0 bridgehead atoms. The Morgan fingerprint density at radius 3 is 2.37 bits per heavy atom. The third-order valence-corrected chi connectivity index (χ3v) is 3.35. The van der Waals surface area contributed by atoms with Crippen LogP contribution in [0.25, 0.3) is 0 Å². The number of aromatic amines is 1. The smallest absolute Gasteiger partial charge is 0.416 e. The van der Waals surface area contributed by atoms with Gasteiger partial charge in [0, 0.05) is 18.0 Å². The molecule has 1 heterocycles. The van der Waals surface area contributed by atoms with Crippen LogP contribution in [0.3, 0.4) is 0 Å². The van der Waals surface area contributed by atoms with Gasteiger partial charge in [0.2, 0.25) is 0 Å². The number of carbonyl (C=O) groups excluding carboxylic acids is 2. The number of amides is 1. The Balaban J connectivity index is 1.93. The number of halogens is 3. The molecule has 0 saturated carbocycles. The third kappa shape index (κ3) is 5.56. The summed E-state index contributed by atoms with van der Waals surface area (Å²) in [5.74, 6) is -1.68. The summed E-state index contributed by atoms with van der Waals surface area (Å²) in [5.41, 5.74) is -2.23. The summed E-state index contributed by atoms with van der Waals surface area (Å²) < 4.78 is 43.2. The van der Waals surface area contributed by atoms with Gasteiger partial charge in [-0.1, -0.05) is 0 Å². The van der Waals surface area contributed by atoms with Crippen molar-refractivity contribution in [1.82, 2.24) is 9.55 Å². The minimum atomic E-state index is -4.49. The Hall–Kier alpha value is -3.37. The van der Waals surface area contributed by atoms with E-state index in [0.717, 1.165) is 41.1 Å². The lowest BCUT2D eigenvalue weighted by Crippen LogP contribution is -2.34. The van der Waals surface area contributed by atoms with Crippen molar-refractivity contribution in [1.29, 1.82) is 0 Å². The lowest BCUT2D eigenvalue weighted by Gasteiger charge is -2.14. The molecule has 2 N–H and O–H groups in total. The highest BCUT2D eigenvalue weighted by Crippen LogP contribution is 2.29. The summed E-state index contributed by atoms with van der Waals surface area (Å²) in [4.78, 5) is 48.1. The molecule has 11 heteroatoms. The van der Waals surface area contributed by atoms with Crippen LogP contribution in [0.5, 0.6) is 0 Å². The molecule has 144 valence electrons. The van der Waals surface area contributed by atoms with Gasteiger partial charge in [0.25, 0.3) is 11.5 Å². The lowest BCUT2D eigenvalue weighted by molar-refractivity contribution is -0.153. The van der Waals surface area contributed by atoms with E-state index in [-0.39, 0.29) is 5.69 Å². The zero-order valence-corrected chi connectivity index (χ0v) is 13.9. The molecular formula is C16H14F3N3O5. The fourth-order valence-corrected chi connectivity index (χ4v) is 1.98. The van der Waals surface area contributed by atoms with Gasteiger partial charge in [-0.3, -0.25) is 23.9 Å². The first kappa shape index (κ1) is 19.9. The molecule has 27 heavy (non-hydrogen) atoms. The molecule has 0 saturated heterocycles. The highest BCUT2D eigenvalue weighted by molar-refractivity contribution is 5.95. The van der Waals surface area contributed by atoms with E-state index < -0.39 is 47.5 Å². The van der Waals surface area contributed by atoms with Crippen LogP contribution in [0.2, 0.25) is 0 Å². The second kappa shape index (κ2) is 7.89. The molecule has 0 fully saturated rings. The van der Waals surface area contributed by atoms with Gasteiger partial charge in [0.05, 0.1) is 5.56 Å². The fraction of sp³-hybridized carbons (Fsp3) is 0.250. The van der Waals surface area contributed by atoms with Gasteiger partial charge in [0.1, 0.15) is 6.54 Å². The number of rotatable bonds is 5. The first-order valence-corrected chi connectivity index (χ1v) is 7.53. The van der Waals surface area contributed by atoms with Crippen molar-refractivity contribution in [3.63, 3.8) is 0 Å². The zero-order chi connectivity index (χ0) is 20.2. The number of ether oxygens (including phenoxy) is 1. The fourth-order valence-electron chi connectivity index (χ4n) is 1.98. The standard InChI is InChI=1S/C16H14F3N3O5/c1-9(27-13(24)8-22-7-6-12(23)21-15(22)26)14(25)20-11-4-2-10(3-5-11)16(17,18)19/h2-7,9H,8H2,1H3,(H,20,25)(H,21,23,26)/t9-/m1/s1. The SMILES string of the molecule is C[C@@H](OC(=O)Cn1ccc(=O)[nH]c1=O)C(=O)Nc1ccc(C(F)(F)F)cc1. The van der Waals surface area contributed by atoms with Crippen LogP contribution < -0.4 is 16.6 Å². The van der Waals surface area contributed by atoms with Gasteiger partial charge >= 0.3 is 17.8 Å². The number of H-pyrrole nitrogens is 1. The largest absolute Gasteiger partial charge is 0.451 e. The molecule has 0 unspecified atom stereocenters. The van der Waals surface area contributed by atoms with Crippen LogP contribution in [0, 0.1) is 0 Å². The average Bonchev–Trinajstić information content (AvgIpc) is 2.57. The predicted octanol–water partition coefficient (Wildman–Crippen LogP) is 1.13. The Kier molecular flexibility index (Phi) is 5.83. The minimum Gasteiger partial charge on any atom is -0.451 e. The predicted molar refractivity (Wildman–Crippen MR) is 87.0 cm³/mol. The maximum absolute atomic E-state index is 12.5. The molecule has 1 aromatic heterocycles. The van der Waals surface area contributed by atoms with Gasteiger partial charge in [-0.2, -0.15) is 13.2 Å². The van der Waals surface area contributed by atoms with Gasteiger partial charge in [-0.15, -0.1) is 0 Å². The highest BCUT2D eigenvalue weighted by atomic mass is 19.4. The van der Waals surface area contributed by atoms with Gasteiger partial charge < -0.3 is 10.1 Å². The Morgan fingerprint density at radius 2 is 1.81 bits per heavy atom. The average molecular weight is 385 g/mol. The van der Waals surface area contributed by atoms with E-state index in [1.54, 1.807) is 0 Å². The molecule has 2 rings (SSSR count). The number of benzene rings is 1. The molecule has 0 radical (unpaired) electrons. The molecule has 1 aromatic carbocycles. The highest BCUT2D eigenvalue weighted by Gasteiger charge is 2.30. The van der Waals surface area contributed by atoms with E-state index in [9.17, 15) is 32.3 Å². The van der Waals surface area contributed by atoms with Crippen molar-refractivity contribution in [3.05, 3.63) is 62.9 Å². The van der Waals surface area contributed by atoms with Crippen molar-refractivity contribution in [2.24, 2.45) is 0 Å². The molecule has 0 aliphatic carbocycles. The van der Waals surface area contributed by atoms with E-state index in [1.807, 2.05) is 4.98 Å². The number of nitrogens with zero attached hydrogens (tertiary/aromatic N) is 1. The monoisotopic (exact) mass is 385 g/mol. The molecule has 8 nitrogen and oxygen atoms in total. The Morgan fingerprint density at radius 1 is 1.19 bits per heavy atom. The van der Waals surface area contributed by atoms with Crippen LogP contribution in [0.1, 0.15) is 12.5 Å². The van der Waals surface area contributed by atoms with Crippen molar-refractivity contribution in [2.45, 2.75) is 25.7 Å². The summed E-state index contributed by atoms with van der Waals surface area (Å²) in [7, 11) is 0. The van der Waals surface area contributed by atoms with E-state index in [1.165, 1.54) is 6.92 Å². The summed E-state index contributed by atoms with van der Waals surface area (Å²) in [5, 5.41) is 2.31. The Bertz CT molecular complexity index is 947. The minimum absolute atomic E-state index is 0.0905. The maximum Gasteiger partial charge on any atom is 0.416 e. The molecule has 1 amide bonds. The summed E-state index contributed by atoms with van der Waals surface area (Å²) in [6.45, 7) is 0.723. The molecule has 0 aliphatic rings. The van der Waals surface area contributed by atoms with E-state index in [4.69, 9.17) is 4.74 Å². The second-order valence-corrected chi connectivity index (χ2v) is 5.43. The van der Waals surface area contributed by atoms with Crippen LogP contribution in [0.4, 0.5) is 18.9 Å². The summed E-state index contributed by atoms with van der Waals surface area (Å²) in [6.07, 6.45) is -4.67. The quantitative estimate of drug-likeness (QED) is 0.750. The maximum atomic E-state index is 12.5. The molecule has 0 spiro atoms. The van der Waals surface area contributed by atoms with Crippen LogP contribution in [0.15, 0.2) is 46.1 Å². The number of hydrogen-bond acceptors (Lipinski definition) is 5. The molecule has 1 atom stereocenters. The van der Waals surface area contributed by atoms with Crippen molar-refractivity contribution in [2.75, 3.05) is 5.32 Å². The van der Waals surface area contributed by atoms with Gasteiger partial charge in [0.15, 0.2) is 6.10 Å². The normalized spacial score (nSPS) is 12.3. The first-order valence-electron chi connectivity index (χ1n) is 7.53. The number of hydrogen-bond donors (Lipinski definition) is 2. The zero-order valence-electron chi connectivity index (χ0n) is 13.9. The first-order chi connectivity index (χ1) is 12.6. The number of esters is 1. The van der Waals surface area contributed by atoms with E-state index >= 15 is 0 Å². The number of nitrogens with one attached hydrogen (secondary N) is 2. The van der Waals surface area contributed by atoms with Crippen molar-refractivity contribution >= 4 is 17.6 Å². The van der Waals surface area contributed by atoms with Crippen LogP contribution >= 0.6 is 0 Å². The van der Waals surface area contributed by atoms with Gasteiger partial charge in [-0.25, -0.2) is 4.79 Å². The van der Waals surface area contributed by atoms with Crippen LogP contribution in [-0.2, 0) is 27.0 Å². The number of alkyl halides is 3. The van der Waals surface area contributed by atoms with Gasteiger partial charge in [-0.05, 0) is 31.2 Å². The Labute approximate surface area is 149 Å². The number of aromatic nitrogens is 2. The molecular weight excluding hydrogens is 371 g/mol. The summed E-state index contributed by atoms with van der Waals surface area (Å²) >= 11 is 0. The molecule has 2 aromatic rings. The topological polar surface area (TPSA) is 110 Å². The second-order valence-electron chi connectivity index (χ2n) is 5.43. The number of carbonyl (C=O) groups is 2. The molecule has 0 aliphatic heterocycles.